The Morgan fingerprint density at radius 3 is 2.12 bits per heavy atom. The fraction of sp³-hybridized carbons (Fsp3) is 0.750. The van der Waals surface area contributed by atoms with Gasteiger partial charge in [-0.1, -0.05) is 57.6 Å². The van der Waals surface area contributed by atoms with E-state index >= 15 is 0 Å². The number of esters is 1. The molecule has 1 unspecified atom stereocenters. The Morgan fingerprint density at radius 1 is 0.958 bits per heavy atom. The first-order valence-corrected chi connectivity index (χ1v) is 9.54. The van der Waals surface area contributed by atoms with Crippen LogP contribution in [-0.4, -0.2) is 24.1 Å². The van der Waals surface area contributed by atoms with E-state index in [4.69, 9.17) is 0 Å². The van der Waals surface area contributed by atoms with Crippen LogP contribution in [0.25, 0.3) is 0 Å². The zero-order valence-corrected chi connectivity index (χ0v) is 15.1. The molecule has 4 nitrogen and oxygen atoms in total. The second-order valence-corrected chi connectivity index (χ2v) is 6.60. The maximum atomic E-state index is 11.8. The van der Waals surface area contributed by atoms with Gasteiger partial charge in [-0.3, -0.25) is 14.4 Å². The Kier molecular flexibility index (Phi) is 11.1. The first kappa shape index (κ1) is 20.6. The maximum Gasteiger partial charge on any atom is 0.324 e. The van der Waals surface area contributed by atoms with E-state index in [1.165, 1.54) is 44.9 Å². The van der Waals surface area contributed by atoms with Gasteiger partial charge in [0.15, 0.2) is 24.1 Å². The molecule has 1 fully saturated rings. The highest BCUT2D eigenvalue weighted by Crippen LogP contribution is 2.16. The van der Waals surface area contributed by atoms with Crippen molar-refractivity contribution in [1.82, 2.24) is 0 Å². The number of hydrogen-bond donors (Lipinski definition) is 0. The van der Waals surface area contributed by atoms with E-state index < -0.39 is 11.9 Å². The zero-order valence-electron chi connectivity index (χ0n) is 15.1. The molecule has 0 aromatic carbocycles. The van der Waals surface area contributed by atoms with Crippen LogP contribution in [0.1, 0.15) is 84.0 Å². The highest BCUT2D eigenvalue weighted by Gasteiger charge is 2.40. The average Bonchev–Trinajstić information content (AvgIpc) is 2.90. The standard InChI is InChI=1S/C20H32O4/c1-2-3-4-5-6-7-8-9-10-11-12-13-14-15-17(21)19-18(22)16-24-20(19)23/h7-8,19H,2-6,9-16H2,1H3. The molecule has 1 saturated heterocycles. The van der Waals surface area contributed by atoms with Gasteiger partial charge in [-0.25, -0.2) is 0 Å². The summed E-state index contributed by atoms with van der Waals surface area (Å²) in [4.78, 5) is 34.5. The van der Waals surface area contributed by atoms with Crippen molar-refractivity contribution in [3.8, 4) is 0 Å². The van der Waals surface area contributed by atoms with Crippen LogP contribution < -0.4 is 0 Å². The molecule has 0 amide bonds. The predicted molar refractivity (Wildman–Crippen MR) is 94.7 cm³/mol. The summed E-state index contributed by atoms with van der Waals surface area (Å²) < 4.78 is 4.60. The number of ether oxygens (including phenoxy) is 1. The Balaban J connectivity index is 1.92. The van der Waals surface area contributed by atoms with E-state index in [2.05, 4.69) is 23.8 Å². The van der Waals surface area contributed by atoms with E-state index in [9.17, 15) is 14.4 Å². The molecular weight excluding hydrogens is 304 g/mol. The molecule has 1 aliphatic heterocycles. The third-order valence-corrected chi connectivity index (χ3v) is 4.42. The number of unbranched alkanes of at least 4 members (excludes halogenated alkanes) is 9. The summed E-state index contributed by atoms with van der Waals surface area (Å²) in [5.74, 6) is -2.45. The average molecular weight is 336 g/mol. The monoisotopic (exact) mass is 336 g/mol. The van der Waals surface area contributed by atoms with Crippen LogP contribution in [0.15, 0.2) is 12.2 Å². The van der Waals surface area contributed by atoms with Crippen molar-refractivity contribution in [2.45, 2.75) is 84.0 Å². The third kappa shape index (κ3) is 8.42. The fourth-order valence-electron chi connectivity index (χ4n) is 2.91. The van der Waals surface area contributed by atoms with Crippen LogP contribution in [0.5, 0.6) is 0 Å². The predicted octanol–water partition coefficient (Wildman–Crippen LogP) is 4.55. The van der Waals surface area contributed by atoms with Crippen molar-refractivity contribution >= 4 is 17.5 Å². The summed E-state index contributed by atoms with van der Waals surface area (Å²) >= 11 is 0. The van der Waals surface area contributed by atoms with Crippen molar-refractivity contribution in [3.05, 3.63) is 12.2 Å². The van der Waals surface area contributed by atoms with Crippen molar-refractivity contribution in [2.75, 3.05) is 6.61 Å². The second kappa shape index (κ2) is 12.9. The molecule has 4 heteroatoms. The molecule has 0 spiro atoms. The van der Waals surface area contributed by atoms with Crippen LogP contribution in [0.3, 0.4) is 0 Å². The summed E-state index contributed by atoms with van der Waals surface area (Å²) in [6.07, 6.45) is 17.7. The Morgan fingerprint density at radius 2 is 1.54 bits per heavy atom. The number of cyclic esters (lactones) is 1. The molecule has 0 bridgehead atoms. The van der Waals surface area contributed by atoms with Crippen molar-refractivity contribution in [3.63, 3.8) is 0 Å². The van der Waals surface area contributed by atoms with E-state index in [0.717, 1.165) is 25.7 Å². The molecule has 0 aliphatic carbocycles. The van der Waals surface area contributed by atoms with Gasteiger partial charge in [0, 0.05) is 6.42 Å². The molecule has 136 valence electrons. The second-order valence-electron chi connectivity index (χ2n) is 6.60. The third-order valence-electron chi connectivity index (χ3n) is 4.42. The summed E-state index contributed by atoms with van der Waals surface area (Å²) in [7, 11) is 0. The first-order chi connectivity index (χ1) is 11.7. The molecular formula is C20H32O4. The molecule has 1 atom stereocenters. The van der Waals surface area contributed by atoms with Gasteiger partial charge in [-0.05, 0) is 32.1 Å². The van der Waals surface area contributed by atoms with Crippen LogP contribution in [0, 0.1) is 5.92 Å². The highest BCUT2D eigenvalue weighted by molar-refractivity contribution is 6.20. The Bertz CT molecular complexity index is 409. The van der Waals surface area contributed by atoms with Gasteiger partial charge in [0.2, 0.25) is 0 Å². The number of Topliss-reactive ketones (excluding diaryl/α,β-unsaturated/α-hetero) is 2. The topological polar surface area (TPSA) is 60.4 Å². The van der Waals surface area contributed by atoms with Crippen LogP contribution in [-0.2, 0) is 19.1 Å². The van der Waals surface area contributed by atoms with Gasteiger partial charge in [0.1, 0.15) is 0 Å². The van der Waals surface area contributed by atoms with Crippen LogP contribution in [0.4, 0.5) is 0 Å². The fourth-order valence-corrected chi connectivity index (χ4v) is 2.91. The molecule has 0 radical (unpaired) electrons. The van der Waals surface area contributed by atoms with Gasteiger partial charge >= 0.3 is 5.97 Å². The Labute approximate surface area is 146 Å². The molecule has 24 heavy (non-hydrogen) atoms. The van der Waals surface area contributed by atoms with Crippen molar-refractivity contribution in [1.29, 1.82) is 0 Å². The summed E-state index contributed by atoms with van der Waals surface area (Å²) in [5.41, 5.74) is 0. The normalized spacial score (nSPS) is 17.6. The van der Waals surface area contributed by atoms with E-state index in [0.29, 0.717) is 6.42 Å². The smallest absolute Gasteiger partial charge is 0.324 e. The van der Waals surface area contributed by atoms with Gasteiger partial charge in [-0.2, -0.15) is 0 Å². The highest BCUT2D eigenvalue weighted by atomic mass is 16.5. The number of carbonyl (C=O) groups is 3. The van der Waals surface area contributed by atoms with Gasteiger partial charge in [0.25, 0.3) is 0 Å². The number of allylic oxidation sites excluding steroid dienone is 2. The molecule has 1 heterocycles. The van der Waals surface area contributed by atoms with E-state index in [1.54, 1.807) is 0 Å². The van der Waals surface area contributed by atoms with Crippen LogP contribution >= 0.6 is 0 Å². The summed E-state index contributed by atoms with van der Waals surface area (Å²) in [6.45, 7) is 2.00. The summed E-state index contributed by atoms with van der Waals surface area (Å²) in [5, 5.41) is 0. The number of rotatable bonds is 14. The van der Waals surface area contributed by atoms with E-state index in [1.807, 2.05) is 0 Å². The van der Waals surface area contributed by atoms with Crippen molar-refractivity contribution in [2.24, 2.45) is 5.92 Å². The van der Waals surface area contributed by atoms with Crippen molar-refractivity contribution < 1.29 is 19.1 Å². The zero-order chi connectivity index (χ0) is 17.6. The lowest BCUT2D eigenvalue weighted by molar-refractivity contribution is -0.144. The number of hydrogen-bond acceptors (Lipinski definition) is 4. The minimum Gasteiger partial charge on any atom is -0.457 e. The molecule has 0 aromatic rings. The lowest BCUT2D eigenvalue weighted by Crippen LogP contribution is -2.25. The lowest BCUT2D eigenvalue weighted by Gasteiger charge is -2.03. The molecule has 1 rings (SSSR count). The lowest BCUT2D eigenvalue weighted by atomic mass is 9.96. The minimum absolute atomic E-state index is 0.235. The van der Waals surface area contributed by atoms with Crippen LogP contribution in [0.2, 0.25) is 0 Å². The number of carbonyl (C=O) groups excluding carboxylic acids is 3. The first-order valence-electron chi connectivity index (χ1n) is 9.54. The molecule has 0 saturated carbocycles. The quantitative estimate of drug-likeness (QED) is 0.202. The minimum atomic E-state index is -1.13. The SMILES string of the molecule is CCCCCCC=CCCCCCCCC(=O)C1C(=O)COC1=O. The number of ketones is 2. The van der Waals surface area contributed by atoms with Gasteiger partial charge in [-0.15, -0.1) is 0 Å². The van der Waals surface area contributed by atoms with Gasteiger partial charge in [0.05, 0.1) is 0 Å². The molecule has 0 aromatic heterocycles. The van der Waals surface area contributed by atoms with E-state index in [-0.39, 0.29) is 18.2 Å². The molecule has 0 N–H and O–H groups in total. The Hall–Kier alpha value is -1.45. The maximum absolute atomic E-state index is 11.8. The molecule has 1 aliphatic rings. The van der Waals surface area contributed by atoms with Gasteiger partial charge < -0.3 is 4.74 Å². The summed E-state index contributed by atoms with van der Waals surface area (Å²) in [6, 6.07) is 0. The largest absolute Gasteiger partial charge is 0.457 e.